The molecule has 0 aromatic heterocycles. The van der Waals surface area contributed by atoms with Gasteiger partial charge in [0.15, 0.2) is 0 Å². The van der Waals surface area contributed by atoms with Crippen molar-refractivity contribution >= 4 is 16.0 Å². The minimum atomic E-state index is -3.78. The number of aryl methyl sites for hydroxylation is 1. The van der Waals surface area contributed by atoms with E-state index < -0.39 is 16.0 Å². The van der Waals surface area contributed by atoms with E-state index in [1.165, 1.54) is 11.2 Å². The molecule has 6 heteroatoms. The molecule has 1 unspecified atom stereocenters. The molecule has 0 saturated carbocycles. The highest BCUT2D eigenvalue weighted by Crippen LogP contribution is 2.39. The fourth-order valence-corrected chi connectivity index (χ4v) is 4.71. The van der Waals surface area contributed by atoms with Crippen LogP contribution in [0.3, 0.4) is 0 Å². The van der Waals surface area contributed by atoms with Crippen LogP contribution in [0.25, 0.3) is 0 Å². The lowest BCUT2D eigenvalue weighted by Gasteiger charge is -2.29. The number of carbonyl (C=O) groups excluding carboxylic acids is 1. The van der Waals surface area contributed by atoms with Gasteiger partial charge in [-0.25, -0.2) is 8.42 Å². The van der Waals surface area contributed by atoms with Crippen molar-refractivity contribution in [1.29, 1.82) is 0 Å². The van der Waals surface area contributed by atoms with Crippen molar-refractivity contribution in [3.8, 4) is 0 Å². The van der Waals surface area contributed by atoms with Crippen LogP contribution in [-0.2, 0) is 19.6 Å². The summed E-state index contributed by atoms with van der Waals surface area (Å²) in [6.07, 6.45) is 2.36. The van der Waals surface area contributed by atoms with Crippen molar-refractivity contribution in [2.45, 2.75) is 31.2 Å². The summed E-state index contributed by atoms with van der Waals surface area (Å²) in [6.45, 7) is 3.15. The largest absolute Gasteiger partial charge is 0.459 e. The van der Waals surface area contributed by atoms with E-state index in [2.05, 4.69) is 0 Å². The first-order chi connectivity index (χ1) is 12.4. The average molecular weight is 371 g/mol. The van der Waals surface area contributed by atoms with Crippen molar-refractivity contribution in [1.82, 2.24) is 4.31 Å². The highest BCUT2D eigenvalue weighted by atomic mass is 32.2. The Morgan fingerprint density at radius 2 is 1.77 bits per heavy atom. The summed E-state index contributed by atoms with van der Waals surface area (Å²) in [4.78, 5) is 11.4. The number of benzene rings is 2. The third kappa shape index (κ3) is 3.65. The zero-order valence-electron chi connectivity index (χ0n) is 14.8. The van der Waals surface area contributed by atoms with Gasteiger partial charge in [-0.3, -0.25) is 9.10 Å². The Balaban J connectivity index is 2.01. The van der Waals surface area contributed by atoms with Gasteiger partial charge >= 0.3 is 5.97 Å². The molecule has 0 aliphatic carbocycles. The number of esters is 1. The van der Waals surface area contributed by atoms with Crippen LogP contribution < -0.4 is 0 Å². The third-order valence-corrected chi connectivity index (χ3v) is 6.20. The molecular formula is C20H21NO4S. The van der Waals surface area contributed by atoms with Crippen LogP contribution in [0.1, 0.15) is 30.5 Å². The Hall–Kier alpha value is -2.60. The quantitative estimate of drug-likeness (QED) is 0.754. The smallest absolute Gasteiger partial charge is 0.303 e. The molecule has 1 heterocycles. The molecule has 1 aliphatic heterocycles. The van der Waals surface area contributed by atoms with E-state index in [-0.39, 0.29) is 17.5 Å². The Morgan fingerprint density at radius 3 is 2.38 bits per heavy atom. The molecule has 0 spiro atoms. The average Bonchev–Trinajstić information content (AvgIpc) is 3.06. The summed E-state index contributed by atoms with van der Waals surface area (Å²) in [5, 5.41) is 0. The van der Waals surface area contributed by atoms with Gasteiger partial charge in [-0.2, -0.15) is 0 Å². The molecule has 136 valence electrons. The van der Waals surface area contributed by atoms with Gasteiger partial charge in [0.1, 0.15) is 6.61 Å². The van der Waals surface area contributed by atoms with E-state index in [0.717, 1.165) is 11.1 Å². The predicted molar refractivity (Wildman–Crippen MR) is 98.7 cm³/mol. The van der Waals surface area contributed by atoms with Gasteiger partial charge in [0.05, 0.1) is 16.6 Å². The first-order valence-electron chi connectivity index (χ1n) is 8.38. The van der Waals surface area contributed by atoms with E-state index in [4.69, 9.17) is 4.74 Å². The Morgan fingerprint density at radius 1 is 1.12 bits per heavy atom. The van der Waals surface area contributed by atoms with Crippen LogP contribution in [0, 0.1) is 6.92 Å². The fourth-order valence-electron chi connectivity index (χ4n) is 3.02. The summed E-state index contributed by atoms with van der Waals surface area (Å²) < 4.78 is 33.1. The van der Waals surface area contributed by atoms with Crippen molar-refractivity contribution in [2.24, 2.45) is 0 Å². The molecule has 0 bridgehead atoms. The highest BCUT2D eigenvalue weighted by Gasteiger charge is 2.37. The molecule has 1 atom stereocenters. The van der Waals surface area contributed by atoms with Gasteiger partial charge in [0, 0.05) is 6.92 Å². The molecule has 0 N–H and O–H groups in total. The van der Waals surface area contributed by atoms with Crippen LogP contribution in [0.15, 0.2) is 71.3 Å². The number of hydrogen-bond donors (Lipinski definition) is 0. The number of ether oxygens (including phenoxy) is 1. The molecule has 26 heavy (non-hydrogen) atoms. The van der Waals surface area contributed by atoms with E-state index in [9.17, 15) is 13.2 Å². The van der Waals surface area contributed by atoms with E-state index in [0.29, 0.717) is 12.1 Å². The van der Waals surface area contributed by atoms with Crippen LogP contribution in [-0.4, -0.2) is 25.3 Å². The fraction of sp³-hybridized carbons (Fsp3) is 0.250. The zero-order chi connectivity index (χ0) is 18.7. The molecule has 5 nitrogen and oxygen atoms in total. The van der Waals surface area contributed by atoms with Gasteiger partial charge in [0.25, 0.3) is 10.0 Å². The zero-order valence-corrected chi connectivity index (χ0v) is 15.6. The Kier molecular flexibility index (Phi) is 5.13. The van der Waals surface area contributed by atoms with Gasteiger partial charge in [-0.1, -0.05) is 54.1 Å². The molecule has 2 aromatic carbocycles. The Labute approximate surface area is 154 Å². The summed E-state index contributed by atoms with van der Waals surface area (Å²) in [7, 11) is -3.78. The summed E-state index contributed by atoms with van der Waals surface area (Å²) in [5.74, 6) is -0.443. The minimum Gasteiger partial charge on any atom is -0.459 e. The minimum absolute atomic E-state index is 0.0657. The second-order valence-electron chi connectivity index (χ2n) is 6.25. The highest BCUT2D eigenvalue weighted by molar-refractivity contribution is 7.89. The monoisotopic (exact) mass is 371 g/mol. The molecule has 3 rings (SSSR count). The SMILES string of the molecule is CC(=O)OCC1=CCC(c2ccccc2)N1S(=O)(=O)c1ccc(C)cc1. The lowest BCUT2D eigenvalue weighted by atomic mass is 10.1. The van der Waals surface area contributed by atoms with E-state index >= 15 is 0 Å². The topological polar surface area (TPSA) is 63.7 Å². The maximum absolute atomic E-state index is 13.3. The van der Waals surface area contributed by atoms with Crippen LogP contribution >= 0.6 is 0 Å². The summed E-state index contributed by atoms with van der Waals surface area (Å²) in [6, 6.07) is 15.9. The van der Waals surface area contributed by atoms with Gasteiger partial charge in [0.2, 0.25) is 0 Å². The Bertz CT molecular complexity index is 918. The van der Waals surface area contributed by atoms with Crippen LogP contribution in [0.5, 0.6) is 0 Å². The van der Waals surface area contributed by atoms with Crippen molar-refractivity contribution < 1.29 is 17.9 Å². The molecular weight excluding hydrogens is 350 g/mol. The number of hydrogen-bond acceptors (Lipinski definition) is 4. The molecule has 0 amide bonds. The molecule has 1 aliphatic rings. The van der Waals surface area contributed by atoms with Crippen LogP contribution in [0.4, 0.5) is 0 Å². The lowest BCUT2D eigenvalue weighted by Crippen LogP contribution is -2.32. The molecule has 0 saturated heterocycles. The normalized spacial score (nSPS) is 17.1. The molecule has 2 aromatic rings. The van der Waals surface area contributed by atoms with Gasteiger partial charge < -0.3 is 4.74 Å². The summed E-state index contributed by atoms with van der Waals surface area (Å²) in [5.41, 5.74) is 2.37. The van der Waals surface area contributed by atoms with E-state index in [1.807, 2.05) is 43.3 Å². The first kappa shape index (κ1) is 18.2. The maximum atomic E-state index is 13.3. The summed E-state index contributed by atoms with van der Waals surface area (Å²) >= 11 is 0. The third-order valence-electron chi connectivity index (χ3n) is 4.33. The van der Waals surface area contributed by atoms with E-state index in [1.54, 1.807) is 24.3 Å². The lowest BCUT2D eigenvalue weighted by molar-refractivity contribution is -0.140. The molecule has 0 radical (unpaired) electrons. The number of rotatable bonds is 5. The standard InChI is InChI=1S/C20H21NO4S/c1-15-8-11-19(12-9-15)26(23,24)21-18(14-25-16(2)22)10-13-20(21)17-6-4-3-5-7-17/h3-12,20H,13-14H2,1-2H3. The maximum Gasteiger partial charge on any atom is 0.303 e. The van der Waals surface area contributed by atoms with Crippen molar-refractivity contribution in [3.63, 3.8) is 0 Å². The van der Waals surface area contributed by atoms with Crippen molar-refractivity contribution in [3.05, 3.63) is 77.5 Å². The van der Waals surface area contributed by atoms with Gasteiger partial charge in [-0.15, -0.1) is 0 Å². The number of carbonyl (C=O) groups is 1. The first-order valence-corrected chi connectivity index (χ1v) is 9.82. The predicted octanol–water partition coefficient (Wildman–Crippen LogP) is 3.58. The van der Waals surface area contributed by atoms with Crippen molar-refractivity contribution in [2.75, 3.05) is 6.61 Å². The molecule has 0 fully saturated rings. The van der Waals surface area contributed by atoms with Gasteiger partial charge in [-0.05, 0) is 31.0 Å². The second kappa shape index (κ2) is 7.33. The van der Waals surface area contributed by atoms with Crippen LogP contribution in [0.2, 0.25) is 0 Å². The second-order valence-corrected chi connectivity index (χ2v) is 8.07. The number of nitrogens with zero attached hydrogens (tertiary/aromatic N) is 1. The number of sulfonamides is 1.